The summed E-state index contributed by atoms with van der Waals surface area (Å²) in [5, 5.41) is 9.74. The largest absolute Gasteiger partial charge is 0.497 e. The van der Waals surface area contributed by atoms with Crippen molar-refractivity contribution in [2.45, 2.75) is 38.0 Å². The minimum Gasteiger partial charge on any atom is -0.497 e. The lowest BCUT2D eigenvalue weighted by molar-refractivity contribution is -0.121. The lowest BCUT2D eigenvalue weighted by atomic mass is 10.0. The first-order chi connectivity index (χ1) is 12.2. The van der Waals surface area contributed by atoms with E-state index in [9.17, 15) is 13.2 Å². The summed E-state index contributed by atoms with van der Waals surface area (Å²) < 4.78 is 33.4. The number of nitrogens with one attached hydrogen (secondary N) is 1. The maximum absolute atomic E-state index is 12.4. The van der Waals surface area contributed by atoms with E-state index in [2.05, 4.69) is 15.5 Å². The van der Waals surface area contributed by atoms with Crippen LogP contribution in [0.5, 0.6) is 5.75 Å². The van der Waals surface area contributed by atoms with Crippen molar-refractivity contribution < 1.29 is 22.4 Å². The molecule has 0 saturated carbocycles. The minimum atomic E-state index is -3.59. The van der Waals surface area contributed by atoms with Crippen molar-refractivity contribution in [2.75, 3.05) is 13.4 Å². The van der Waals surface area contributed by atoms with E-state index < -0.39 is 21.1 Å². The zero-order chi connectivity index (χ0) is 19.3. The van der Waals surface area contributed by atoms with Gasteiger partial charge in [-0.05, 0) is 30.0 Å². The van der Waals surface area contributed by atoms with Gasteiger partial charge < -0.3 is 14.5 Å². The number of hydrogen-bond acceptors (Lipinski definition) is 7. The fourth-order valence-electron chi connectivity index (χ4n) is 2.38. The summed E-state index contributed by atoms with van der Waals surface area (Å²) >= 11 is 0. The van der Waals surface area contributed by atoms with Gasteiger partial charge in [-0.1, -0.05) is 31.1 Å². The zero-order valence-corrected chi connectivity index (χ0v) is 16.0. The van der Waals surface area contributed by atoms with E-state index in [1.165, 1.54) is 0 Å². The number of methoxy groups -OCH3 is 1. The summed E-state index contributed by atoms with van der Waals surface area (Å²) in [6, 6.07) is 6.63. The molecular formula is C17H23N3O5S. The zero-order valence-electron chi connectivity index (χ0n) is 15.2. The van der Waals surface area contributed by atoms with Crippen LogP contribution in [0.1, 0.15) is 37.8 Å². The van der Waals surface area contributed by atoms with Gasteiger partial charge in [-0.25, -0.2) is 8.42 Å². The Balaban J connectivity index is 2.11. The second-order valence-corrected chi connectivity index (χ2v) is 8.35. The van der Waals surface area contributed by atoms with Crippen molar-refractivity contribution in [1.82, 2.24) is 15.5 Å². The van der Waals surface area contributed by atoms with Crippen molar-refractivity contribution in [2.24, 2.45) is 5.92 Å². The number of benzene rings is 1. The predicted octanol–water partition coefficient (Wildman–Crippen LogP) is 1.93. The highest BCUT2D eigenvalue weighted by atomic mass is 32.2. The molecule has 0 saturated heterocycles. The van der Waals surface area contributed by atoms with Crippen molar-refractivity contribution in [3.05, 3.63) is 35.7 Å². The lowest BCUT2D eigenvalue weighted by Gasteiger charge is -2.17. The Bertz CT molecular complexity index is 844. The molecule has 26 heavy (non-hydrogen) atoms. The molecule has 1 atom stereocenters. The van der Waals surface area contributed by atoms with Crippen LogP contribution in [0.2, 0.25) is 0 Å². The van der Waals surface area contributed by atoms with Gasteiger partial charge in [0.15, 0.2) is 0 Å². The normalized spacial score (nSPS) is 12.8. The molecule has 0 radical (unpaired) electrons. The molecule has 0 fully saturated rings. The molecule has 0 spiro atoms. The van der Waals surface area contributed by atoms with Crippen LogP contribution in [0.25, 0.3) is 0 Å². The van der Waals surface area contributed by atoms with E-state index >= 15 is 0 Å². The standard InChI is InChI=1S/C17H23N3O5S/c1-11(2)9-14(16-19-20-17(25-16)26(4,22)23)18-15(21)10-12-5-7-13(24-3)8-6-12/h5-8,11,14H,9-10H2,1-4H3,(H,18,21)/t14-/m0/s1. The van der Waals surface area contributed by atoms with E-state index in [0.717, 1.165) is 11.8 Å². The number of amides is 1. The number of nitrogens with zero attached hydrogens (tertiary/aromatic N) is 2. The number of sulfone groups is 1. The highest BCUT2D eigenvalue weighted by Crippen LogP contribution is 2.22. The Morgan fingerprint density at radius 3 is 2.38 bits per heavy atom. The molecule has 1 aromatic heterocycles. The predicted molar refractivity (Wildman–Crippen MR) is 94.4 cm³/mol. The van der Waals surface area contributed by atoms with Gasteiger partial charge in [0.2, 0.25) is 21.6 Å². The molecule has 2 rings (SSSR count). The summed E-state index contributed by atoms with van der Waals surface area (Å²) in [5.74, 6) is 0.808. The third-order valence-electron chi connectivity index (χ3n) is 3.60. The molecular weight excluding hydrogens is 358 g/mol. The van der Waals surface area contributed by atoms with Gasteiger partial charge in [0.25, 0.3) is 0 Å². The van der Waals surface area contributed by atoms with Gasteiger partial charge in [-0.15, -0.1) is 5.10 Å². The fourth-order valence-corrected chi connectivity index (χ4v) is 2.80. The van der Waals surface area contributed by atoms with Crippen LogP contribution in [0.3, 0.4) is 0 Å². The lowest BCUT2D eigenvalue weighted by Crippen LogP contribution is -2.31. The highest BCUT2D eigenvalue weighted by Gasteiger charge is 2.25. The average molecular weight is 381 g/mol. The molecule has 0 aliphatic heterocycles. The first-order valence-electron chi connectivity index (χ1n) is 8.14. The summed E-state index contributed by atoms with van der Waals surface area (Å²) in [6.07, 6.45) is 1.70. The SMILES string of the molecule is COc1ccc(CC(=O)N[C@@H](CC(C)C)c2nnc(S(C)(=O)=O)o2)cc1. The molecule has 0 unspecified atom stereocenters. The number of hydrogen-bond donors (Lipinski definition) is 1. The van der Waals surface area contributed by atoms with Gasteiger partial charge in [-0.3, -0.25) is 4.79 Å². The molecule has 8 nitrogen and oxygen atoms in total. The smallest absolute Gasteiger partial charge is 0.335 e. The fraction of sp³-hybridized carbons (Fsp3) is 0.471. The van der Waals surface area contributed by atoms with Crippen LogP contribution in [0.4, 0.5) is 0 Å². The van der Waals surface area contributed by atoms with Crippen LogP contribution >= 0.6 is 0 Å². The molecule has 2 aromatic rings. The second-order valence-electron chi connectivity index (χ2n) is 6.45. The Morgan fingerprint density at radius 1 is 1.23 bits per heavy atom. The quantitative estimate of drug-likeness (QED) is 0.743. The summed E-state index contributed by atoms with van der Waals surface area (Å²) in [4.78, 5) is 12.4. The van der Waals surface area contributed by atoms with Gasteiger partial charge in [-0.2, -0.15) is 0 Å². The minimum absolute atomic E-state index is 0.0854. The van der Waals surface area contributed by atoms with Crippen molar-refractivity contribution in [3.63, 3.8) is 0 Å². The summed E-state index contributed by atoms with van der Waals surface area (Å²) in [6.45, 7) is 3.97. The molecule has 0 bridgehead atoms. The Hall–Kier alpha value is -2.42. The van der Waals surface area contributed by atoms with Gasteiger partial charge in [0.1, 0.15) is 11.8 Å². The topological polar surface area (TPSA) is 111 Å². The molecule has 1 amide bonds. The van der Waals surface area contributed by atoms with E-state index in [0.29, 0.717) is 12.2 Å². The molecule has 1 aromatic carbocycles. The number of ether oxygens (including phenoxy) is 1. The number of aromatic nitrogens is 2. The van der Waals surface area contributed by atoms with Crippen molar-refractivity contribution in [3.8, 4) is 5.75 Å². The average Bonchev–Trinajstić information content (AvgIpc) is 3.04. The van der Waals surface area contributed by atoms with E-state index in [-0.39, 0.29) is 24.1 Å². The second kappa shape index (κ2) is 8.31. The Kier molecular flexibility index (Phi) is 6.36. The van der Waals surface area contributed by atoms with Crippen molar-refractivity contribution >= 4 is 15.7 Å². The van der Waals surface area contributed by atoms with Crippen LogP contribution in [0, 0.1) is 5.92 Å². The maximum atomic E-state index is 12.4. The van der Waals surface area contributed by atoms with Crippen LogP contribution < -0.4 is 10.1 Å². The molecule has 142 valence electrons. The number of carbonyl (C=O) groups excluding carboxylic acids is 1. The van der Waals surface area contributed by atoms with Gasteiger partial charge >= 0.3 is 5.22 Å². The third-order valence-corrected chi connectivity index (χ3v) is 4.40. The molecule has 0 aliphatic carbocycles. The summed E-state index contributed by atoms with van der Waals surface area (Å²) in [7, 11) is -2.02. The Labute approximate surface area is 152 Å². The van der Waals surface area contributed by atoms with Crippen LogP contribution in [-0.4, -0.2) is 37.9 Å². The third kappa shape index (κ3) is 5.55. The van der Waals surface area contributed by atoms with E-state index in [4.69, 9.17) is 9.15 Å². The van der Waals surface area contributed by atoms with Crippen molar-refractivity contribution in [1.29, 1.82) is 0 Å². The van der Waals surface area contributed by atoms with Gasteiger partial charge in [0.05, 0.1) is 13.5 Å². The van der Waals surface area contributed by atoms with E-state index in [1.807, 2.05) is 26.0 Å². The first-order valence-corrected chi connectivity index (χ1v) is 10.0. The monoisotopic (exact) mass is 381 g/mol. The highest BCUT2D eigenvalue weighted by molar-refractivity contribution is 7.90. The number of rotatable bonds is 8. The van der Waals surface area contributed by atoms with Crippen LogP contribution in [-0.2, 0) is 21.1 Å². The molecule has 1 N–H and O–H groups in total. The Morgan fingerprint density at radius 2 is 1.88 bits per heavy atom. The number of carbonyl (C=O) groups is 1. The first kappa shape index (κ1) is 19.9. The molecule has 1 heterocycles. The van der Waals surface area contributed by atoms with Gasteiger partial charge in [0, 0.05) is 6.26 Å². The maximum Gasteiger partial charge on any atom is 0.335 e. The van der Waals surface area contributed by atoms with Crippen LogP contribution in [0.15, 0.2) is 33.9 Å². The molecule has 9 heteroatoms. The molecule has 0 aliphatic rings. The van der Waals surface area contributed by atoms with E-state index in [1.54, 1.807) is 19.2 Å². The summed E-state index contributed by atoms with van der Waals surface area (Å²) in [5.41, 5.74) is 0.828.